The summed E-state index contributed by atoms with van der Waals surface area (Å²) in [5, 5.41) is 25.9. The largest absolute Gasteiger partial charge is 0.437 e. The van der Waals surface area contributed by atoms with Crippen molar-refractivity contribution in [2.24, 2.45) is 0 Å². The standard InChI is InChI=1S/C48H35N3.C45H29N3O.C45H29N3S/c1-47(2)38-19-11-9-17-33(38)36-26-31(22-24-40(36)47)43-42-35-18-10-12-20-39(35)48(3,4)45(42)50-46(49-43)51-41-27-30-15-6-5-14-29(30)25-37(41)34-23-21-28-13-7-8-16-32(28)44(34)51;1-45(2)36-17-9-7-15-31(36)34-24-29(20-22-37(34)45)41-40-33-16-8-10-18-39(33)49-43(40)47-44(46-41)48-38-25-28-13-4-3-12-27(28)23-35(38)32-21-19-26-11-5-6-14-30(26)42(32)48;1-45(2)35-17-9-7-15-31(35)33-24-29(19-21-36(33)45)42-41-32-16-8-10-18-39(32)49-43(41)47-44(46-42)48-37-22-20-26-11-5-6-14-30(26)40(37)34-23-27-12-3-4-13-28(27)25-38(34)48/h5-27H,1-4H3;2*3-25H,1-2H3. The molecular weight excluding hydrogens is 1830 g/mol. The third-order valence-corrected chi connectivity index (χ3v) is 34.6. The first kappa shape index (κ1) is 85.3. The molecule has 0 saturated heterocycles. The number of para-hydroxylation sites is 1. The van der Waals surface area contributed by atoms with Crippen molar-refractivity contribution in [3.05, 3.63) is 463 Å². The summed E-state index contributed by atoms with van der Waals surface area (Å²) in [4.78, 5) is 34.1. The summed E-state index contributed by atoms with van der Waals surface area (Å²) in [5.41, 5.74) is 34.2. The zero-order valence-corrected chi connectivity index (χ0v) is 84.0. The fraction of sp³-hybridized carbons (Fsp3) is 0.0870. The van der Waals surface area contributed by atoms with Gasteiger partial charge in [0, 0.05) is 108 Å². The van der Waals surface area contributed by atoms with Gasteiger partial charge >= 0.3 is 0 Å². The maximum absolute atomic E-state index is 6.55. The summed E-state index contributed by atoms with van der Waals surface area (Å²) < 4.78 is 14.7. The van der Waals surface area contributed by atoms with E-state index in [9.17, 15) is 0 Å². The highest BCUT2D eigenvalue weighted by Gasteiger charge is 2.44. The Morgan fingerprint density at radius 1 is 0.221 bits per heavy atom. The number of hydrogen-bond acceptors (Lipinski definition) is 8. The summed E-state index contributed by atoms with van der Waals surface area (Å²) >= 11 is 1.75. The number of benzene rings is 21. The van der Waals surface area contributed by atoms with Gasteiger partial charge in [0.15, 0.2) is 0 Å². The molecule has 29 aromatic rings. The minimum atomic E-state index is -0.308. The van der Waals surface area contributed by atoms with Crippen molar-refractivity contribution < 1.29 is 4.42 Å². The van der Waals surface area contributed by atoms with Crippen LogP contribution in [0.5, 0.6) is 0 Å². The molecule has 0 radical (unpaired) electrons. The minimum Gasteiger partial charge on any atom is -0.437 e. The van der Waals surface area contributed by atoms with Crippen molar-refractivity contribution in [2.75, 3.05) is 0 Å². The summed E-state index contributed by atoms with van der Waals surface area (Å²) in [5.74, 6) is 1.99. The molecule has 0 amide bonds. The summed E-state index contributed by atoms with van der Waals surface area (Å²) in [6, 6.07) is 152. The van der Waals surface area contributed by atoms with Gasteiger partial charge in [-0.1, -0.05) is 401 Å². The van der Waals surface area contributed by atoms with Gasteiger partial charge < -0.3 is 4.42 Å². The van der Waals surface area contributed by atoms with E-state index in [1.165, 1.54) is 180 Å². The van der Waals surface area contributed by atoms with Crippen LogP contribution in [0.15, 0.2) is 423 Å². The van der Waals surface area contributed by atoms with Gasteiger partial charge in [0.05, 0.1) is 61.3 Å². The van der Waals surface area contributed by atoms with Gasteiger partial charge in [0.2, 0.25) is 23.6 Å². The molecule has 0 bridgehead atoms. The molecule has 8 aromatic heterocycles. The maximum Gasteiger partial charge on any atom is 0.238 e. The fourth-order valence-electron chi connectivity index (χ4n) is 26.3. The van der Waals surface area contributed by atoms with Crippen LogP contribution < -0.4 is 0 Å². The Labute approximate surface area is 861 Å². The molecule has 21 aromatic carbocycles. The van der Waals surface area contributed by atoms with E-state index < -0.39 is 0 Å². The lowest BCUT2D eigenvalue weighted by Crippen LogP contribution is -2.18. The molecule has 0 saturated carbocycles. The monoisotopic (exact) mass is 1920 g/mol. The molecule has 4 aliphatic rings. The number of aromatic nitrogens is 9. The van der Waals surface area contributed by atoms with E-state index in [-0.39, 0.29) is 21.7 Å². The molecule has 4 aliphatic carbocycles. The number of rotatable bonds is 6. The normalized spacial score (nSPS) is 14.1. The van der Waals surface area contributed by atoms with Crippen molar-refractivity contribution in [1.82, 2.24) is 43.6 Å². The van der Waals surface area contributed by atoms with E-state index >= 15 is 0 Å². The molecule has 0 atom stereocenters. The van der Waals surface area contributed by atoms with Crippen LogP contribution in [0.25, 0.3) is 269 Å². The zero-order chi connectivity index (χ0) is 99.1. The lowest BCUT2D eigenvalue weighted by Gasteiger charge is -2.22. The van der Waals surface area contributed by atoms with Gasteiger partial charge in [-0.05, 0) is 205 Å². The van der Waals surface area contributed by atoms with Crippen LogP contribution in [0, 0.1) is 0 Å². The van der Waals surface area contributed by atoms with Gasteiger partial charge in [-0.25, -0.2) is 24.9 Å². The number of furan rings is 1. The average molecular weight is 1930 g/mol. The van der Waals surface area contributed by atoms with Crippen molar-refractivity contribution in [1.29, 1.82) is 0 Å². The van der Waals surface area contributed by atoms with Crippen LogP contribution in [0.4, 0.5) is 0 Å². The second-order valence-corrected chi connectivity index (χ2v) is 44.1. The average Bonchev–Trinajstić information content (AvgIpc) is 1.54. The van der Waals surface area contributed by atoms with Crippen molar-refractivity contribution in [3.8, 4) is 96.1 Å². The quantitative estimate of drug-likeness (QED) is 0.163. The minimum absolute atomic E-state index is 0.0554. The Kier molecular flexibility index (Phi) is 17.9. The number of hydrogen-bond donors (Lipinski definition) is 0. The Hall–Kier alpha value is -18.2. The van der Waals surface area contributed by atoms with Gasteiger partial charge in [-0.2, -0.15) is 4.98 Å². The van der Waals surface area contributed by atoms with E-state index in [4.69, 9.17) is 34.3 Å². The highest BCUT2D eigenvalue weighted by Crippen LogP contribution is 2.58. The molecule has 8 heterocycles. The second-order valence-electron chi connectivity index (χ2n) is 43.1. The zero-order valence-electron chi connectivity index (χ0n) is 83.2. The van der Waals surface area contributed by atoms with Gasteiger partial charge in [0.25, 0.3) is 0 Å². The third kappa shape index (κ3) is 12.3. The van der Waals surface area contributed by atoms with Crippen molar-refractivity contribution in [2.45, 2.75) is 77.0 Å². The second kappa shape index (κ2) is 31.2. The molecule has 0 aliphatic heterocycles. The SMILES string of the molecule is CC1(C)c2ccccc2-c2cc(-c3nc(-n4c5cc6ccccc6cc5c5c6ccccc6ccc54)nc4sc5ccccc5c34)ccc21.CC1(C)c2ccccc2-c2cc(-c3nc(-n4c5cc6ccccc6cc5c5ccc6ccccc6c54)nc4c3-c3ccccc3C4(C)C)ccc21.CC1(C)c2ccccc2-c2cc(-c3nc(-n4c5cc6ccccc6cc5c5ccc6ccccc6c54)nc4oc5ccccc5c34)ccc21. The first-order chi connectivity index (χ1) is 72.9. The van der Waals surface area contributed by atoms with E-state index in [1.807, 2.05) is 12.1 Å². The number of nitrogens with zero attached hydrogens (tertiary/aromatic N) is 9. The van der Waals surface area contributed by atoms with Crippen LogP contribution >= 0.6 is 11.3 Å². The molecule has 0 N–H and O–H groups in total. The van der Waals surface area contributed by atoms with Crippen LogP contribution in [0.2, 0.25) is 0 Å². The summed E-state index contributed by atoms with van der Waals surface area (Å²) in [6.07, 6.45) is 0. The van der Waals surface area contributed by atoms with Gasteiger partial charge in [-0.3, -0.25) is 13.7 Å². The fourth-order valence-corrected chi connectivity index (χ4v) is 27.4. The van der Waals surface area contributed by atoms with Crippen molar-refractivity contribution in [3.63, 3.8) is 0 Å². The molecule has 10 nitrogen and oxygen atoms in total. The molecule has 702 valence electrons. The van der Waals surface area contributed by atoms with Crippen LogP contribution in [-0.4, -0.2) is 43.6 Å². The van der Waals surface area contributed by atoms with Gasteiger partial charge in [-0.15, -0.1) is 11.3 Å². The number of fused-ring (bicyclic) bond motifs is 36. The number of thiophene rings is 1. The Morgan fingerprint density at radius 3 is 1.09 bits per heavy atom. The first-order valence-electron chi connectivity index (χ1n) is 51.6. The molecule has 149 heavy (non-hydrogen) atoms. The molecular formula is C138H93N9OS. The molecule has 11 heteroatoms. The van der Waals surface area contributed by atoms with E-state index in [1.54, 1.807) is 11.3 Å². The van der Waals surface area contributed by atoms with Crippen LogP contribution in [0.3, 0.4) is 0 Å². The summed E-state index contributed by atoms with van der Waals surface area (Å²) in [7, 11) is 0. The van der Waals surface area contributed by atoms with Crippen molar-refractivity contribution >= 4 is 184 Å². The predicted molar refractivity (Wildman–Crippen MR) is 621 cm³/mol. The predicted octanol–water partition coefficient (Wildman–Crippen LogP) is 36.1. The first-order valence-corrected chi connectivity index (χ1v) is 52.4. The van der Waals surface area contributed by atoms with Gasteiger partial charge in [0.1, 0.15) is 10.4 Å². The Balaban J connectivity index is 0.000000101. The highest BCUT2D eigenvalue weighted by molar-refractivity contribution is 7.25. The van der Waals surface area contributed by atoms with E-state index in [2.05, 4.69) is 476 Å². The molecule has 0 fully saturated rings. The van der Waals surface area contributed by atoms with Crippen LogP contribution in [-0.2, 0) is 21.7 Å². The van der Waals surface area contributed by atoms with E-state index in [0.717, 1.165) is 110 Å². The Bertz CT molecular complexity index is 11000. The lowest BCUT2D eigenvalue weighted by atomic mass is 9.82. The topological polar surface area (TPSA) is 105 Å². The smallest absolute Gasteiger partial charge is 0.238 e. The highest BCUT2D eigenvalue weighted by atomic mass is 32.1. The molecule has 0 unspecified atom stereocenters. The Morgan fingerprint density at radius 2 is 0.584 bits per heavy atom. The molecule has 33 rings (SSSR count). The lowest BCUT2D eigenvalue weighted by molar-refractivity contribution is 0.632. The van der Waals surface area contributed by atoms with Crippen LogP contribution in [0.1, 0.15) is 100 Å². The molecule has 0 spiro atoms. The summed E-state index contributed by atoms with van der Waals surface area (Å²) in [6.45, 7) is 18.6. The van der Waals surface area contributed by atoms with E-state index in [0.29, 0.717) is 23.6 Å². The maximum atomic E-state index is 6.55. The third-order valence-electron chi connectivity index (χ3n) is 33.5.